The lowest BCUT2D eigenvalue weighted by atomic mass is 9.95. The summed E-state index contributed by atoms with van der Waals surface area (Å²) in [7, 11) is 0. The van der Waals surface area contributed by atoms with Gasteiger partial charge in [0.25, 0.3) is 0 Å². The van der Waals surface area contributed by atoms with Gasteiger partial charge in [0.1, 0.15) is 30.3 Å². The number of hydrogen-bond donors (Lipinski definition) is 0. The highest BCUT2D eigenvalue weighted by Crippen LogP contribution is 2.42. The van der Waals surface area contributed by atoms with Crippen molar-refractivity contribution in [3.63, 3.8) is 0 Å². The number of hydrogen-bond acceptors (Lipinski definition) is 5. The number of carbonyl (C=O) groups excluding carboxylic acids is 1. The normalized spacial score (nSPS) is 18.1. The molecular formula is C24H18F4N2O3. The van der Waals surface area contributed by atoms with Gasteiger partial charge in [0, 0.05) is 6.07 Å². The predicted molar refractivity (Wildman–Crippen MR) is 112 cm³/mol. The molecule has 0 aliphatic carbocycles. The van der Waals surface area contributed by atoms with Crippen LogP contribution >= 0.6 is 0 Å². The molecule has 3 aromatic rings. The first-order valence-corrected chi connectivity index (χ1v) is 9.96. The molecule has 33 heavy (non-hydrogen) atoms. The van der Waals surface area contributed by atoms with E-state index >= 15 is 0 Å². The Bertz CT molecular complexity index is 1140. The van der Waals surface area contributed by atoms with Crippen LogP contribution in [-0.4, -0.2) is 29.7 Å². The Morgan fingerprint density at radius 1 is 0.909 bits per heavy atom. The van der Waals surface area contributed by atoms with Crippen molar-refractivity contribution in [2.45, 2.75) is 18.3 Å². The van der Waals surface area contributed by atoms with Gasteiger partial charge in [-0.05, 0) is 23.3 Å². The first-order valence-electron chi connectivity index (χ1n) is 9.96. The fraction of sp³-hybridized carbons (Fsp3) is 0.167. The minimum Gasteiger partial charge on any atom is -0.485 e. The second-order valence-corrected chi connectivity index (χ2v) is 7.20. The van der Waals surface area contributed by atoms with Crippen molar-refractivity contribution in [3.05, 3.63) is 102 Å². The van der Waals surface area contributed by atoms with Gasteiger partial charge in [-0.3, -0.25) is 4.99 Å². The van der Waals surface area contributed by atoms with Crippen LogP contribution in [0.2, 0.25) is 0 Å². The number of halogens is 4. The Kier molecular flexibility index (Phi) is 6.30. The van der Waals surface area contributed by atoms with E-state index in [0.717, 1.165) is 11.1 Å². The van der Waals surface area contributed by atoms with Gasteiger partial charge in [-0.2, -0.15) is 18.2 Å². The molecule has 9 heteroatoms. The number of nitrogens with zero attached hydrogens (tertiary/aromatic N) is 2. The van der Waals surface area contributed by atoms with Gasteiger partial charge in [-0.1, -0.05) is 66.7 Å². The maximum Gasteiger partial charge on any atom is 0.493 e. The molecule has 0 spiro atoms. The third-order valence-corrected chi connectivity index (χ3v) is 4.95. The molecule has 0 bridgehead atoms. The van der Waals surface area contributed by atoms with Crippen molar-refractivity contribution in [1.29, 1.82) is 0 Å². The number of ether oxygens (including phenoxy) is 1. The maximum absolute atomic E-state index is 13.5. The quantitative estimate of drug-likeness (QED) is 0.463. The largest absolute Gasteiger partial charge is 0.493 e. The number of aliphatic imine (C=N–C) groups is 1. The van der Waals surface area contributed by atoms with E-state index in [1.165, 1.54) is 18.2 Å². The van der Waals surface area contributed by atoms with E-state index in [1.54, 1.807) is 60.7 Å². The summed E-state index contributed by atoms with van der Waals surface area (Å²) in [6.07, 6.45) is -5.21. The zero-order chi connectivity index (χ0) is 23.4. The molecule has 4 rings (SSSR count). The molecule has 2 atom stereocenters. The topological polar surface area (TPSA) is 51.1 Å². The van der Waals surface area contributed by atoms with Crippen LogP contribution in [-0.2, 0) is 9.63 Å². The monoisotopic (exact) mass is 458 g/mol. The van der Waals surface area contributed by atoms with Gasteiger partial charge in [-0.15, -0.1) is 0 Å². The number of alkyl halides is 3. The zero-order valence-corrected chi connectivity index (χ0v) is 17.1. The minimum atomic E-state index is -5.21. The highest BCUT2D eigenvalue weighted by molar-refractivity contribution is 5.87. The first kappa shape index (κ1) is 22.3. The van der Waals surface area contributed by atoms with Crippen molar-refractivity contribution >= 4 is 11.8 Å². The smallest absolute Gasteiger partial charge is 0.485 e. The van der Waals surface area contributed by atoms with Gasteiger partial charge in [-0.25, -0.2) is 9.18 Å². The summed E-state index contributed by atoms with van der Waals surface area (Å²) >= 11 is 0. The van der Waals surface area contributed by atoms with E-state index in [0.29, 0.717) is 11.1 Å². The summed E-state index contributed by atoms with van der Waals surface area (Å²) in [5.41, 5.74) is 1.30. The molecule has 1 aliphatic rings. The van der Waals surface area contributed by atoms with Crippen LogP contribution in [0.4, 0.5) is 17.6 Å². The fourth-order valence-corrected chi connectivity index (χ4v) is 3.51. The van der Waals surface area contributed by atoms with Crippen LogP contribution < -0.4 is 4.74 Å². The van der Waals surface area contributed by atoms with Crippen LogP contribution in [0.25, 0.3) is 0 Å². The van der Waals surface area contributed by atoms with Crippen LogP contribution in [0.15, 0.2) is 89.9 Å². The average molecular weight is 458 g/mol. The van der Waals surface area contributed by atoms with E-state index in [4.69, 9.17) is 9.57 Å². The zero-order valence-electron chi connectivity index (χ0n) is 17.1. The number of benzene rings is 3. The Morgan fingerprint density at radius 3 is 2.15 bits per heavy atom. The Morgan fingerprint density at radius 2 is 1.55 bits per heavy atom. The molecule has 0 saturated heterocycles. The number of amidine groups is 1. The van der Waals surface area contributed by atoms with Crippen LogP contribution in [0.1, 0.15) is 23.2 Å². The third-order valence-electron chi connectivity index (χ3n) is 4.95. The van der Waals surface area contributed by atoms with E-state index in [1.807, 2.05) is 0 Å². The molecule has 0 radical (unpaired) electrons. The first-order chi connectivity index (χ1) is 15.8. The fourth-order valence-electron chi connectivity index (χ4n) is 3.51. The molecule has 0 amide bonds. The van der Waals surface area contributed by atoms with E-state index in [9.17, 15) is 22.4 Å². The lowest BCUT2D eigenvalue weighted by Gasteiger charge is -2.29. The average Bonchev–Trinajstić information content (AvgIpc) is 3.16. The lowest BCUT2D eigenvalue weighted by Crippen LogP contribution is -2.40. The van der Waals surface area contributed by atoms with Crippen molar-refractivity contribution in [2.75, 3.05) is 6.61 Å². The molecule has 1 heterocycles. The molecule has 3 aromatic carbocycles. The molecule has 0 N–H and O–H groups in total. The second-order valence-electron chi connectivity index (χ2n) is 7.20. The van der Waals surface area contributed by atoms with Crippen molar-refractivity contribution in [3.8, 4) is 5.75 Å². The number of hydroxylamine groups is 2. The highest BCUT2D eigenvalue weighted by Gasteiger charge is 2.47. The van der Waals surface area contributed by atoms with Gasteiger partial charge in [0.2, 0.25) is 0 Å². The number of carbonyl (C=O) groups is 1. The summed E-state index contributed by atoms with van der Waals surface area (Å²) in [6.45, 7) is -0.346. The van der Waals surface area contributed by atoms with Crippen molar-refractivity contribution < 1.29 is 31.9 Å². The summed E-state index contributed by atoms with van der Waals surface area (Å²) in [5, 5.41) is 0.835. The van der Waals surface area contributed by atoms with Crippen LogP contribution in [0, 0.1) is 5.82 Å². The molecule has 1 aliphatic heterocycles. The van der Waals surface area contributed by atoms with Gasteiger partial charge < -0.3 is 9.57 Å². The summed E-state index contributed by atoms with van der Waals surface area (Å²) in [6, 6.07) is 21.3. The van der Waals surface area contributed by atoms with E-state index in [-0.39, 0.29) is 18.2 Å². The Balaban J connectivity index is 1.72. The maximum atomic E-state index is 13.5. The predicted octanol–water partition coefficient (Wildman–Crippen LogP) is 5.42. The molecular weight excluding hydrogens is 440 g/mol. The summed E-state index contributed by atoms with van der Waals surface area (Å²) in [4.78, 5) is 21.1. The third kappa shape index (κ3) is 5.14. The van der Waals surface area contributed by atoms with Gasteiger partial charge in [0.15, 0.2) is 5.84 Å². The molecule has 0 fully saturated rings. The molecule has 5 nitrogen and oxygen atoms in total. The molecule has 0 aromatic heterocycles. The minimum absolute atomic E-state index is 0.0421. The lowest BCUT2D eigenvalue weighted by molar-refractivity contribution is -0.230. The molecule has 170 valence electrons. The van der Waals surface area contributed by atoms with Crippen LogP contribution in [0.3, 0.4) is 0 Å². The summed E-state index contributed by atoms with van der Waals surface area (Å²) < 4.78 is 58.2. The van der Waals surface area contributed by atoms with Crippen LogP contribution in [0.5, 0.6) is 5.75 Å². The molecule has 2 unspecified atom stereocenters. The Labute approximate surface area is 186 Å². The second kappa shape index (κ2) is 9.32. The molecule has 0 saturated carbocycles. The standard InChI is InChI=1S/C24H18F4N2O3/c25-18-12-7-13-19(14-18)32-15-20-29-21(16-8-3-1-4-9-16)22(17-10-5-2-6-11-17)30(20)33-23(31)24(26,27)28/h1-14,21-22H,15H2. The summed E-state index contributed by atoms with van der Waals surface area (Å²) in [5.74, 6) is -2.81. The van der Waals surface area contributed by atoms with Crippen molar-refractivity contribution in [2.24, 2.45) is 4.99 Å². The van der Waals surface area contributed by atoms with E-state index in [2.05, 4.69) is 4.99 Å². The van der Waals surface area contributed by atoms with E-state index < -0.39 is 30.0 Å². The number of rotatable bonds is 6. The Hall–Kier alpha value is -3.88. The van der Waals surface area contributed by atoms with Gasteiger partial charge >= 0.3 is 12.1 Å². The van der Waals surface area contributed by atoms with Crippen molar-refractivity contribution in [1.82, 2.24) is 5.06 Å². The SMILES string of the molecule is O=C(ON1C(COc2cccc(F)c2)=NC(c2ccccc2)C1c1ccccc1)C(F)(F)F. The van der Waals surface area contributed by atoms with Gasteiger partial charge in [0.05, 0.1) is 0 Å². The highest BCUT2D eigenvalue weighted by atomic mass is 19.4.